The summed E-state index contributed by atoms with van der Waals surface area (Å²) in [5.41, 5.74) is 10.8. The lowest BCUT2D eigenvalue weighted by Crippen LogP contribution is -2.58. The van der Waals surface area contributed by atoms with Crippen molar-refractivity contribution in [3.8, 4) is 10.4 Å². The van der Waals surface area contributed by atoms with E-state index in [1.54, 1.807) is 32.1 Å². The fourth-order valence-corrected chi connectivity index (χ4v) is 7.82. The van der Waals surface area contributed by atoms with E-state index in [-0.39, 0.29) is 38.4 Å². The number of likely N-dealkylation sites (tertiary alicyclic amines) is 1. The van der Waals surface area contributed by atoms with Gasteiger partial charge in [0.05, 0.1) is 40.9 Å². The van der Waals surface area contributed by atoms with Gasteiger partial charge in [0.25, 0.3) is 0 Å². The Morgan fingerprint density at radius 1 is 0.952 bits per heavy atom. The number of unbranched alkanes of at least 4 members (excludes halogenated alkanes) is 1. The lowest BCUT2D eigenvalue weighted by molar-refractivity contribution is -0.144. The van der Waals surface area contributed by atoms with Gasteiger partial charge in [-0.25, -0.2) is 9.78 Å². The molecule has 15 nitrogen and oxygen atoms in total. The average molecular weight is 879 g/mol. The van der Waals surface area contributed by atoms with Crippen LogP contribution in [-0.4, -0.2) is 100 Å². The molecule has 2 heterocycles. The number of aliphatic hydroxyl groups is 1. The number of β-amino-alcohol motifs (C(OH)–C–C–N with tert-alkyl or cyclic N) is 1. The molecule has 6 N–H and O–H groups in total. The summed E-state index contributed by atoms with van der Waals surface area (Å²) in [4.78, 5) is 71.0. The van der Waals surface area contributed by atoms with Gasteiger partial charge in [-0.1, -0.05) is 69.3 Å². The first-order chi connectivity index (χ1) is 29.2. The average Bonchev–Trinajstić information content (AvgIpc) is 3.82. The van der Waals surface area contributed by atoms with Crippen LogP contribution in [0, 0.1) is 12.3 Å². The third kappa shape index (κ3) is 16.1. The van der Waals surface area contributed by atoms with Crippen molar-refractivity contribution in [1.82, 2.24) is 25.8 Å². The highest BCUT2D eigenvalue weighted by atomic mass is 32.1. The maximum Gasteiger partial charge on any atom is 0.407 e. The molecule has 0 aliphatic carbocycles. The van der Waals surface area contributed by atoms with Gasteiger partial charge in [0.2, 0.25) is 23.6 Å². The Kier molecular flexibility index (Phi) is 18.4. The number of primary amides is 1. The van der Waals surface area contributed by atoms with Crippen LogP contribution in [0.25, 0.3) is 10.4 Å². The number of ether oxygens (including phenoxy) is 3. The molecule has 3 unspecified atom stereocenters. The fourth-order valence-electron chi connectivity index (χ4n) is 7.01. The van der Waals surface area contributed by atoms with E-state index >= 15 is 0 Å². The van der Waals surface area contributed by atoms with Gasteiger partial charge in [0.15, 0.2) is 0 Å². The molecule has 340 valence electrons. The zero-order chi connectivity index (χ0) is 45.6. The van der Waals surface area contributed by atoms with Gasteiger partial charge in [0.1, 0.15) is 24.3 Å². The molecule has 1 saturated heterocycles. The number of hydrogen-bond acceptors (Lipinski definition) is 11. The summed E-state index contributed by atoms with van der Waals surface area (Å²) >= 11 is 1.57. The van der Waals surface area contributed by atoms with Crippen LogP contribution in [0.1, 0.15) is 103 Å². The first-order valence-corrected chi connectivity index (χ1v) is 22.2. The van der Waals surface area contributed by atoms with Gasteiger partial charge in [-0.2, -0.15) is 0 Å². The summed E-state index contributed by atoms with van der Waals surface area (Å²) < 4.78 is 17.1. The lowest BCUT2D eigenvalue weighted by Gasteiger charge is -2.35. The molecule has 0 radical (unpaired) electrons. The van der Waals surface area contributed by atoms with Gasteiger partial charge in [-0.15, -0.1) is 11.3 Å². The van der Waals surface area contributed by atoms with E-state index < -0.39 is 65.2 Å². The van der Waals surface area contributed by atoms with Crippen LogP contribution in [0.5, 0.6) is 0 Å². The van der Waals surface area contributed by atoms with Crippen molar-refractivity contribution >= 4 is 41.1 Å². The normalized spacial score (nSPS) is 16.9. The Hall–Kier alpha value is -4.90. The van der Waals surface area contributed by atoms with Crippen molar-refractivity contribution in [3.63, 3.8) is 0 Å². The van der Waals surface area contributed by atoms with Gasteiger partial charge in [-0.05, 0) is 88.0 Å². The second kappa shape index (κ2) is 23.0. The van der Waals surface area contributed by atoms with Crippen LogP contribution < -0.4 is 21.7 Å². The molecule has 0 saturated carbocycles. The number of rotatable bonds is 21. The van der Waals surface area contributed by atoms with E-state index in [0.29, 0.717) is 26.1 Å². The molecule has 5 atom stereocenters. The third-order valence-electron chi connectivity index (χ3n) is 10.5. The number of hydrogen-bond donors (Lipinski definition) is 5. The zero-order valence-electron chi connectivity index (χ0n) is 37.5. The molecule has 16 heteroatoms. The maximum atomic E-state index is 14.0. The summed E-state index contributed by atoms with van der Waals surface area (Å²) in [7, 11) is 0. The highest BCUT2D eigenvalue weighted by Gasteiger charge is 2.44. The van der Waals surface area contributed by atoms with Crippen LogP contribution >= 0.6 is 11.3 Å². The minimum Gasteiger partial charge on any atom is -0.444 e. The largest absolute Gasteiger partial charge is 0.444 e. The summed E-state index contributed by atoms with van der Waals surface area (Å²) in [6, 6.07) is 13.6. The number of thiazole rings is 1. The summed E-state index contributed by atoms with van der Waals surface area (Å²) in [6.45, 7) is 15.3. The number of amides is 5. The van der Waals surface area contributed by atoms with Crippen LogP contribution in [0.15, 0.2) is 54.0 Å². The molecule has 1 fully saturated rings. The van der Waals surface area contributed by atoms with E-state index in [2.05, 4.69) is 20.9 Å². The molecule has 2 aromatic carbocycles. The SMILES string of the molecule is Cc1ncsc1-c1ccc(CNC(=O)[C@@H]2C[C@@H](O)CN2C(=O)C(NC(=O)COCCCCc2ccc(COC(C)C(CCC(N)=O)NC(=O)OC(C)(C)C)cc2)C(C)(C)C)cc1. The number of benzene rings is 2. The molecule has 0 bridgehead atoms. The highest BCUT2D eigenvalue weighted by Crippen LogP contribution is 2.28. The summed E-state index contributed by atoms with van der Waals surface area (Å²) in [6.07, 6.45) is 1.00. The summed E-state index contributed by atoms with van der Waals surface area (Å²) in [5, 5.41) is 19.1. The third-order valence-corrected chi connectivity index (χ3v) is 11.4. The Morgan fingerprint density at radius 2 is 1.61 bits per heavy atom. The molecule has 1 aliphatic rings. The quantitative estimate of drug-likeness (QED) is 0.0869. The number of carbonyl (C=O) groups is 5. The lowest BCUT2D eigenvalue weighted by atomic mass is 9.85. The second-order valence-corrected chi connectivity index (χ2v) is 18.9. The number of nitrogens with two attached hydrogens (primary N) is 1. The monoisotopic (exact) mass is 878 g/mol. The summed E-state index contributed by atoms with van der Waals surface area (Å²) in [5.74, 6) is -1.70. The van der Waals surface area contributed by atoms with Gasteiger partial charge < -0.3 is 45.9 Å². The topological polar surface area (TPSA) is 212 Å². The van der Waals surface area contributed by atoms with E-state index in [1.807, 2.05) is 88.7 Å². The number of aliphatic hydroxyl groups excluding tert-OH is 1. The molecule has 3 aromatic rings. The molecule has 4 rings (SSSR count). The van der Waals surface area contributed by atoms with Crippen LogP contribution in [-0.2, 0) is 53.0 Å². The van der Waals surface area contributed by atoms with Crippen molar-refractivity contribution in [2.45, 2.75) is 143 Å². The molecule has 1 aliphatic heterocycles. The first kappa shape index (κ1) is 49.8. The van der Waals surface area contributed by atoms with Gasteiger partial charge in [0, 0.05) is 32.5 Å². The van der Waals surface area contributed by atoms with E-state index in [4.69, 9.17) is 19.9 Å². The number of carbonyl (C=O) groups excluding carboxylic acids is 5. The van der Waals surface area contributed by atoms with Crippen LogP contribution in [0.3, 0.4) is 0 Å². The Bertz CT molecular complexity index is 1940. The standard InChI is InChI=1S/C46H66N6O9S/c1-29-40(62-28-49-29)34-18-16-32(17-19-34)24-48-42(56)37-23-35(53)25-52(37)43(57)41(45(3,4)5)51-39(55)27-59-22-10-9-11-31-12-14-33(15-13-31)26-60-30(2)36(20-21-38(47)54)50-44(58)61-46(6,7)8/h12-19,28,30,35-37,41,53H,9-11,20-27H2,1-8H3,(H2,47,54)(H,48,56)(H,50,58)(H,51,55)/t30?,35-,36?,37+,41?/m1/s1. The van der Waals surface area contributed by atoms with Crippen molar-refractivity contribution in [2.24, 2.45) is 11.1 Å². The smallest absolute Gasteiger partial charge is 0.407 e. The predicted molar refractivity (Wildman–Crippen MR) is 238 cm³/mol. The minimum absolute atomic E-state index is 0.0102. The van der Waals surface area contributed by atoms with E-state index in [9.17, 15) is 29.1 Å². The molecule has 5 amide bonds. The minimum atomic E-state index is -0.948. The van der Waals surface area contributed by atoms with Crippen molar-refractivity contribution in [1.29, 1.82) is 0 Å². The fraction of sp³-hybridized carbons (Fsp3) is 0.565. The molecule has 1 aromatic heterocycles. The number of nitrogens with one attached hydrogen (secondary N) is 3. The number of nitrogens with zero attached hydrogens (tertiary/aromatic N) is 2. The predicted octanol–water partition coefficient (Wildman–Crippen LogP) is 5.33. The van der Waals surface area contributed by atoms with Gasteiger partial charge in [-0.3, -0.25) is 19.2 Å². The Labute approximate surface area is 369 Å². The van der Waals surface area contributed by atoms with Gasteiger partial charge >= 0.3 is 6.09 Å². The maximum absolute atomic E-state index is 14.0. The zero-order valence-corrected chi connectivity index (χ0v) is 38.3. The second-order valence-electron chi connectivity index (χ2n) is 18.0. The highest BCUT2D eigenvalue weighted by molar-refractivity contribution is 7.13. The molecular weight excluding hydrogens is 813 g/mol. The number of aryl methyl sites for hydroxylation is 2. The Morgan fingerprint density at radius 3 is 2.23 bits per heavy atom. The molecular formula is C46H66N6O9S. The van der Waals surface area contributed by atoms with Crippen molar-refractivity contribution < 1.29 is 43.3 Å². The van der Waals surface area contributed by atoms with Crippen LogP contribution in [0.2, 0.25) is 0 Å². The Balaban J connectivity index is 1.18. The van der Waals surface area contributed by atoms with Crippen molar-refractivity contribution in [3.05, 3.63) is 76.4 Å². The van der Waals surface area contributed by atoms with Crippen molar-refractivity contribution in [2.75, 3.05) is 19.8 Å². The number of aromatic nitrogens is 1. The molecule has 62 heavy (non-hydrogen) atoms. The molecule has 0 spiro atoms. The number of alkyl carbamates (subject to hydrolysis) is 1. The van der Waals surface area contributed by atoms with E-state index in [1.165, 1.54) is 4.90 Å². The van der Waals surface area contributed by atoms with E-state index in [0.717, 1.165) is 45.7 Å². The van der Waals surface area contributed by atoms with Crippen LogP contribution in [0.4, 0.5) is 4.79 Å². The first-order valence-electron chi connectivity index (χ1n) is 21.3.